The third-order valence-electron chi connectivity index (χ3n) is 3.04. The zero-order valence-corrected chi connectivity index (χ0v) is 11.2. The lowest BCUT2D eigenvalue weighted by molar-refractivity contribution is 0.627. The number of halogens is 1. The van der Waals surface area contributed by atoms with E-state index in [2.05, 4.69) is 17.4 Å². The highest BCUT2D eigenvalue weighted by Gasteiger charge is 2.08. The largest absolute Gasteiger partial charge is 0.354 e. The van der Waals surface area contributed by atoms with Gasteiger partial charge in [-0.25, -0.2) is 4.39 Å². The maximum atomic E-state index is 13.1. The van der Waals surface area contributed by atoms with E-state index in [1.54, 1.807) is 6.07 Å². The van der Waals surface area contributed by atoms with E-state index in [1.165, 1.54) is 17.7 Å². The number of nitriles is 1. The Bertz CT molecular complexity index is 646. The van der Waals surface area contributed by atoms with Gasteiger partial charge >= 0.3 is 0 Å². The van der Waals surface area contributed by atoms with Crippen LogP contribution in [-0.2, 0) is 0 Å². The van der Waals surface area contributed by atoms with Crippen molar-refractivity contribution in [1.29, 1.82) is 5.26 Å². The van der Waals surface area contributed by atoms with Crippen molar-refractivity contribution >= 4 is 11.4 Å². The Morgan fingerprint density at radius 2 is 1.68 bits per heavy atom. The summed E-state index contributed by atoms with van der Waals surface area (Å²) in [6.45, 7) is 6.07. The van der Waals surface area contributed by atoms with E-state index < -0.39 is 5.82 Å². The Morgan fingerprint density at radius 1 is 1.05 bits per heavy atom. The van der Waals surface area contributed by atoms with Crippen LogP contribution < -0.4 is 5.32 Å². The van der Waals surface area contributed by atoms with Crippen molar-refractivity contribution in [2.45, 2.75) is 20.8 Å². The molecule has 0 spiro atoms. The van der Waals surface area contributed by atoms with E-state index >= 15 is 0 Å². The Balaban J connectivity index is 2.45. The molecule has 19 heavy (non-hydrogen) atoms. The topological polar surface area (TPSA) is 35.8 Å². The highest BCUT2D eigenvalue weighted by molar-refractivity contribution is 5.71. The molecule has 0 aliphatic carbocycles. The molecule has 0 bridgehead atoms. The summed E-state index contributed by atoms with van der Waals surface area (Å²) < 4.78 is 13.1. The van der Waals surface area contributed by atoms with E-state index in [-0.39, 0.29) is 0 Å². The van der Waals surface area contributed by atoms with Gasteiger partial charge in [-0.3, -0.25) is 0 Å². The van der Waals surface area contributed by atoms with Crippen LogP contribution in [0.2, 0.25) is 0 Å². The third kappa shape index (κ3) is 2.74. The summed E-state index contributed by atoms with van der Waals surface area (Å²) in [5.41, 5.74) is 5.30. The zero-order chi connectivity index (χ0) is 14.0. The fraction of sp³-hybridized carbons (Fsp3) is 0.188. The molecule has 96 valence electrons. The number of rotatable bonds is 2. The van der Waals surface area contributed by atoms with Gasteiger partial charge in [-0.05, 0) is 50.1 Å². The fourth-order valence-electron chi connectivity index (χ4n) is 2.23. The van der Waals surface area contributed by atoms with Crippen molar-refractivity contribution < 1.29 is 4.39 Å². The minimum absolute atomic E-state index is 0.305. The number of nitrogens with one attached hydrogen (secondary N) is 1. The van der Waals surface area contributed by atoms with E-state index in [1.807, 2.05) is 26.8 Å². The standard InChI is InChI=1S/C16H15FN2/c1-10-6-11(2)16(12(3)7-10)19-15-5-4-14(17)8-13(15)9-18/h4-8,19H,1-3H3. The average Bonchev–Trinajstić information content (AvgIpc) is 2.35. The van der Waals surface area contributed by atoms with Crippen molar-refractivity contribution in [2.75, 3.05) is 5.32 Å². The van der Waals surface area contributed by atoms with Crippen LogP contribution in [0.1, 0.15) is 22.3 Å². The van der Waals surface area contributed by atoms with Gasteiger partial charge in [0.05, 0.1) is 11.3 Å². The summed E-state index contributed by atoms with van der Waals surface area (Å²) >= 11 is 0. The summed E-state index contributed by atoms with van der Waals surface area (Å²) in [5, 5.41) is 12.3. The minimum Gasteiger partial charge on any atom is -0.354 e. The molecule has 0 amide bonds. The van der Waals surface area contributed by atoms with Crippen molar-refractivity contribution in [2.24, 2.45) is 0 Å². The summed E-state index contributed by atoms with van der Waals surface area (Å²) in [7, 11) is 0. The number of nitrogens with zero attached hydrogens (tertiary/aromatic N) is 1. The first-order chi connectivity index (χ1) is 9.01. The summed E-state index contributed by atoms with van der Waals surface area (Å²) in [6.07, 6.45) is 0. The Labute approximate surface area is 112 Å². The molecule has 0 aliphatic rings. The van der Waals surface area contributed by atoms with Crippen molar-refractivity contribution in [3.8, 4) is 6.07 Å². The van der Waals surface area contributed by atoms with E-state index in [9.17, 15) is 4.39 Å². The molecule has 3 heteroatoms. The number of anilines is 2. The molecule has 0 unspecified atom stereocenters. The first-order valence-corrected chi connectivity index (χ1v) is 6.06. The second-order valence-electron chi connectivity index (χ2n) is 4.70. The van der Waals surface area contributed by atoms with Gasteiger partial charge < -0.3 is 5.32 Å². The van der Waals surface area contributed by atoms with Gasteiger partial charge in [0.2, 0.25) is 0 Å². The predicted molar refractivity (Wildman–Crippen MR) is 75.1 cm³/mol. The van der Waals surface area contributed by atoms with Crippen LogP contribution in [0.15, 0.2) is 30.3 Å². The smallest absolute Gasteiger partial charge is 0.124 e. The van der Waals surface area contributed by atoms with Crippen LogP contribution in [-0.4, -0.2) is 0 Å². The van der Waals surface area contributed by atoms with Crippen molar-refractivity contribution in [3.05, 3.63) is 58.4 Å². The summed E-state index contributed by atoms with van der Waals surface area (Å²) in [6, 6.07) is 10.3. The van der Waals surface area contributed by atoms with Crippen LogP contribution >= 0.6 is 0 Å². The highest BCUT2D eigenvalue weighted by atomic mass is 19.1. The molecule has 0 saturated carbocycles. The second kappa shape index (κ2) is 5.11. The molecule has 2 aromatic rings. The zero-order valence-electron chi connectivity index (χ0n) is 11.2. The monoisotopic (exact) mass is 254 g/mol. The molecule has 0 atom stereocenters. The molecule has 0 heterocycles. The molecule has 0 radical (unpaired) electrons. The summed E-state index contributed by atoms with van der Waals surface area (Å²) in [4.78, 5) is 0. The number of aryl methyl sites for hydroxylation is 3. The van der Waals surface area contributed by atoms with Crippen molar-refractivity contribution in [1.82, 2.24) is 0 Å². The highest BCUT2D eigenvalue weighted by Crippen LogP contribution is 2.27. The van der Waals surface area contributed by atoms with Crippen molar-refractivity contribution in [3.63, 3.8) is 0 Å². The number of hydrogen-bond donors (Lipinski definition) is 1. The lowest BCUT2D eigenvalue weighted by atomic mass is 10.0. The molecular weight excluding hydrogens is 239 g/mol. The first-order valence-electron chi connectivity index (χ1n) is 6.06. The van der Waals surface area contributed by atoms with E-state index in [0.29, 0.717) is 11.3 Å². The Hall–Kier alpha value is -2.34. The van der Waals surface area contributed by atoms with E-state index in [0.717, 1.165) is 16.8 Å². The van der Waals surface area contributed by atoms with Crippen LogP contribution in [0.25, 0.3) is 0 Å². The molecule has 2 aromatic carbocycles. The van der Waals surface area contributed by atoms with Gasteiger partial charge in [0.15, 0.2) is 0 Å². The molecule has 0 aliphatic heterocycles. The molecule has 0 saturated heterocycles. The van der Waals surface area contributed by atoms with Gasteiger partial charge in [0, 0.05) is 5.69 Å². The van der Waals surface area contributed by atoms with Crippen LogP contribution in [0, 0.1) is 37.9 Å². The lowest BCUT2D eigenvalue weighted by Crippen LogP contribution is -1.99. The Morgan fingerprint density at radius 3 is 2.26 bits per heavy atom. The SMILES string of the molecule is Cc1cc(C)c(Nc2ccc(F)cc2C#N)c(C)c1. The minimum atomic E-state index is -0.403. The van der Waals surface area contributed by atoms with Gasteiger partial charge in [-0.15, -0.1) is 0 Å². The average molecular weight is 254 g/mol. The van der Waals surface area contributed by atoms with Gasteiger partial charge in [-0.1, -0.05) is 17.7 Å². The third-order valence-corrected chi connectivity index (χ3v) is 3.04. The second-order valence-corrected chi connectivity index (χ2v) is 4.70. The number of benzene rings is 2. The van der Waals surface area contributed by atoms with E-state index in [4.69, 9.17) is 5.26 Å². The first kappa shape index (κ1) is 13.1. The predicted octanol–water partition coefficient (Wildman–Crippen LogP) is 4.37. The molecular formula is C16H15FN2. The Kier molecular flexibility index (Phi) is 3.52. The maximum Gasteiger partial charge on any atom is 0.124 e. The van der Waals surface area contributed by atoms with Crippen LogP contribution in [0.5, 0.6) is 0 Å². The molecule has 2 rings (SSSR count). The summed E-state index contributed by atoms with van der Waals surface area (Å²) in [5.74, 6) is -0.403. The number of hydrogen-bond acceptors (Lipinski definition) is 2. The lowest BCUT2D eigenvalue weighted by Gasteiger charge is -2.14. The maximum absolute atomic E-state index is 13.1. The van der Waals surface area contributed by atoms with Gasteiger partial charge in [-0.2, -0.15) is 5.26 Å². The quantitative estimate of drug-likeness (QED) is 0.864. The molecule has 0 fully saturated rings. The fourth-order valence-corrected chi connectivity index (χ4v) is 2.23. The van der Waals surface area contributed by atoms with Gasteiger partial charge in [0.25, 0.3) is 0 Å². The molecule has 2 nitrogen and oxygen atoms in total. The normalized spacial score (nSPS) is 10.1. The van der Waals surface area contributed by atoms with Crippen LogP contribution in [0.4, 0.5) is 15.8 Å². The molecule has 0 aromatic heterocycles. The molecule has 1 N–H and O–H groups in total. The van der Waals surface area contributed by atoms with Crippen LogP contribution in [0.3, 0.4) is 0 Å². The van der Waals surface area contributed by atoms with Gasteiger partial charge in [0.1, 0.15) is 11.9 Å².